The number of nitrogens with zero attached hydrogens (tertiary/aromatic N) is 2. The normalized spacial score (nSPS) is 32.7. The third kappa shape index (κ3) is 1.58. The Labute approximate surface area is 123 Å². The van der Waals surface area contributed by atoms with Crippen molar-refractivity contribution in [1.82, 2.24) is 0 Å². The lowest BCUT2D eigenvalue weighted by molar-refractivity contribution is -0.387. The quantitative estimate of drug-likeness (QED) is 0.468. The predicted octanol–water partition coefficient (Wildman–Crippen LogP) is 1.40. The number of hydrogen-bond acceptors (Lipinski definition) is 5. The van der Waals surface area contributed by atoms with Gasteiger partial charge in [-0.3, -0.25) is 19.7 Å². The Morgan fingerprint density at radius 1 is 1.18 bits per heavy atom. The zero-order valence-corrected chi connectivity index (χ0v) is 11.3. The standard InChI is InChI=1S/C14H11FN2O5/c15-7-2-1-6(5-8(7)17(20)21)16-13(18)11-9-3-4-10(22-9)12(11)14(16)19/h1-2,5,9-12H,3-4H2. The Morgan fingerprint density at radius 3 is 2.32 bits per heavy atom. The minimum absolute atomic E-state index is 0.0388. The van der Waals surface area contributed by atoms with Gasteiger partial charge in [-0.2, -0.15) is 4.39 Å². The Morgan fingerprint density at radius 2 is 1.77 bits per heavy atom. The van der Waals surface area contributed by atoms with Crippen LogP contribution in [0.15, 0.2) is 18.2 Å². The van der Waals surface area contributed by atoms with Crippen molar-refractivity contribution in [1.29, 1.82) is 0 Å². The summed E-state index contributed by atoms with van der Waals surface area (Å²) >= 11 is 0. The van der Waals surface area contributed by atoms with E-state index in [0.717, 1.165) is 29.9 Å². The zero-order chi connectivity index (χ0) is 15.6. The molecule has 3 fully saturated rings. The van der Waals surface area contributed by atoms with Crippen LogP contribution >= 0.6 is 0 Å². The number of benzene rings is 1. The molecule has 7 nitrogen and oxygen atoms in total. The van der Waals surface area contributed by atoms with Crippen LogP contribution in [0.1, 0.15) is 12.8 Å². The number of hydrogen-bond donors (Lipinski definition) is 0. The van der Waals surface area contributed by atoms with Crippen molar-refractivity contribution in [3.8, 4) is 0 Å². The van der Waals surface area contributed by atoms with Gasteiger partial charge in [0.05, 0.1) is 34.7 Å². The number of rotatable bonds is 2. The average molecular weight is 306 g/mol. The molecule has 22 heavy (non-hydrogen) atoms. The zero-order valence-electron chi connectivity index (χ0n) is 11.3. The van der Waals surface area contributed by atoms with Crippen LogP contribution in [-0.2, 0) is 14.3 Å². The fourth-order valence-corrected chi connectivity index (χ4v) is 3.75. The molecule has 0 saturated carbocycles. The van der Waals surface area contributed by atoms with Crippen LogP contribution < -0.4 is 4.90 Å². The monoisotopic (exact) mass is 306 g/mol. The molecule has 4 unspecified atom stereocenters. The van der Waals surface area contributed by atoms with Crippen LogP contribution in [0.4, 0.5) is 15.8 Å². The number of carbonyl (C=O) groups excluding carboxylic acids is 2. The van der Waals surface area contributed by atoms with Crippen LogP contribution in [0.2, 0.25) is 0 Å². The van der Waals surface area contributed by atoms with Gasteiger partial charge in [-0.25, -0.2) is 4.90 Å². The van der Waals surface area contributed by atoms with E-state index in [9.17, 15) is 24.1 Å². The van der Waals surface area contributed by atoms with E-state index in [-0.39, 0.29) is 17.9 Å². The maximum atomic E-state index is 13.4. The molecule has 1 aromatic rings. The number of nitro groups is 1. The molecule has 114 valence electrons. The molecule has 8 heteroatoms. The summed E-state index contributed by atoms with van der Waals surface area (Å²) in [6, 6.07) is 3.03. The fourth-order valence-electron chi connectivity index (χ4n) is 3.75. The molecule has 2 bridgehead atoms. The van der Waals surface area contributed by atoms with E-state index in [1.165, 1.54) is 6.07 Å². The van der Waals surface area contributed by atoms with Gasteiger partial charge in [0, 0.05) is 6.07 Å². The number of nitro benzene ring substituents is 1. The molecule has 0 N–H and O–H groups in total. The largest absolute Gasteiger partial charge is 0.373 e. The number of amides is 2. The topological polar surface area (TPSA) is 89.8 Å². The van der Waals surface area contributed by atoms with Gasteiger partial charge >= 0.3 is 5.69 Å². The number of halogens is 1. The lowest BCUT2D eigenvalue weighted by Crippen LogP contribution is -2.34. The molecule has 1 aromatic carbocycles. The van der Waals surface area contributed by atoms with Gasteiger partial charge in [0.1, 0.15) is 0 Å². The molecule has 0 aromatic heterocycles. The van der Waals surface area contributed by atoms with E-state index >= 15 is 0 Å². The van der Waals surface area contributed by atoms with Gasteiger partial charge in [0.2, 0.25) is 17.6 Å². The number of ether oxygens (including phenoxy) is 1. The Bertz CT molecular complexity index is 693. The second-order valence-corrected chi connectivity index (χ2v) is 5.75. The maximum Gasteiger partial charge on any atom is 0.306 e. The van der Waals surface area contributed by atoms with Crippen LogP contribution in [0.5, 0.6) is 0 Å². The summed E-state index contributed by atoms with van der Waals surface area (Å²) in [5.74, 6) is -2.87. The van der Waals surface area contributed by atoms with E-state index in [2.05, 4.69) is 0 Å². The lowest BCUT2D eigenvalue weighted by Gasteiger charge is -2.17. The minimum atomic E-state index is -1.00. The fraction of sp³-hybridized carbons (Fsp3) is 0.429. The Balaban J connectivity index is 1.75. The Kier molecular flexibility index (Phi) is 2.62. The average Bonchev–Trinajstić information content (AvgIpc) is 3.14. The number of anilines is 1. The predicted molar refractivity (Wildman–Crippen MR) is 70.4 cm³/mol. The summed E-state index contributed by atoms with van der Waals surface area (Å²) in [6.45, 7) is 0. The molecule has 3 aliphatic heterocycles. The second-order valence-electron chi connectivity index (χ2n) is 5.75. The molecule has 4 atom stereocenters. The molecular weight excluding hydrogens is 295 g/mol. The van der Waals surface area contributed by atoms with Gasteiger partial charge in [0.15, 0.2) is 0 Å². The first-order chi connectivity index (χ1) is 10.5. The van der Waals surface area contributed by atoms with E-state index in [1.54, 1.807) is 0 Å². The molecule has 3 saturated heterocycles. The molecule has 0 radical (unpaired) electrons. The first kappa shape index (κ1) is 13.3. The second kappa shape index (κ2) is 4.33. The molecule has 0 aliphatic carbocycles. The summed E-state index contributed by atoms with van der Waals surface area (Å²) in [5, 5.41) is 10.8. The van der Waals surface area contributed by atoms with Gasteiger partial charge in [-0.05, 0) is 25.0 Å². The van der Waals surface area contributed by atoms with Crippen molar-refractivity contribution in [3.05, 3.63) is 34.1 Å². The van der Waals surface area contributed by atoms with Crippen LogP contribution in [0, 0.1) is 27.8 Å². The smallest absolute Gasteiger partial charge is 0.306 e. The van der Waals surface area contributed by atoms with Crippen molar-refractivity contribution in [2.75, 3.05) is 4.90 Å². The highest BCUT2D eigenvalue weighted by Crippen LogP contribution is 2.49. The van der Waals surface area contributed by atoms with Crippen molar-refractivity contribution in [2.45, 2.75) is 25.0 Å². The van der Waals surface area contributed by atoms with Crippen molar-refractivity contribution in [3.63, 3.8) is 0 Å². The maximum absolute atomic E-state index is 13.4. The first-order valence-electron chi connectivity index (χ1n) is 6.96. The third-order valence-electron chi connectivity index (χ3n) is 4.67. The van der Waals surface area contributed by atoms with Crippen molar-refractivity contribution in [2.24, 2.45) is 11.8 Å². The lowest BCUT2D eigenvalue weighted by atomic mass is 9.81. The summed E-state index contributed by atoms with van der Waals surface area (Å²) in [4.78, 5) is 35.9. The van der Waals surface area contributed by atoms with Crippen LogP contribution in [0.25, 0.3) is 0 Å². The van der Waals surface area contributed by atoms with E-state index in [0.29, 0.717) is 0 Å². The minimum Gasteiger partial charge on any atom is -0.373 e. The molecular formula is C14H11FN2O5. The van der Waals surface area contributed by atoms with E-state index in [1.807, 2.05) is 0 Å². The molecule has 2 amide bonds. The third-order valence-corrected chi connectivity index (χ3v) is 4.67. The van der Waals surface area contributed by atoms with Gasteiger partial charge in [-0.15, -0.1) is 0 Å². The highest BCUT2D eigenvalue weighted by Gasteiger charge is 2.62. The van der Waals surface area contributed by atoms with Crippen molar-refractivity contribution < 1.29 is 23.6 Å². The van der Waals surface area contributed by atoms with Gasteiger partial charge < -0.3 is 4.74 Å². The van der Waals surface area contributed by atoms with Crippen LogP contribution in [-0.4, -0.2) is 28.9 Å². The highest BCUT2D eigenvalue weighted by molar-refractivity contribution is 6.22. The van der Waals surface area contributed by atoms with E-state index in [4.69, 9.17) is 4.74 Å². The molecule has 0 spiro atoms. The Hall–Kier alpha value is -2.35. The van der Waals surface area contributed by atoms with Crippen molar-refractivity contribution >= 4 is 23.2 Å². The summed E-state index contributed by atoms with van der Waals surface area (Å²) < 4.78 is 19.0. The summed E-state index contributed by atoms with van der Waals surface area (Å²) in [7, 11) is 0. The highest BCUT2D eigenvalue weighted by atomic mass is 19.1. The molecule has 3 heterocycles. The summed E-state index contributed by atoms with van der Waals surface area (Å²) in [6.07, 6.45) is 0.962. The SMILES string of the molecule is O=C1C2C3CCC(O3)C2C(=O)N1c1ccc(F)c([N+](=O)[O-])c1. The number of fused-ring (bicyclic) bond motifs is 5. The number of carbonyl (C=O) groups is 2. The van der Waals surface area contributed by atoms with E-state index < -0.39 is 40.1 Å². The van der Waals surface area contributed by atoms with Gasteiger partial charge in [0.25, 0.3) is 0 Å². The summed E-state index contributed by atoms with van der Waals surface area (Å²) in [5.41, 5.74) is -0.716. The number of imide groups is 1. The molecule has 3 aliphatic rings. The first-order valence-corrected chi connectivity index (χ1v) is 6.96. The molecule has 4 rings (SSSR count). The van der Waals surface area contributed by atoms with Gasteiger partial charge in [-0.1, -0.05) is 0 Å². The van der Waals surface area contributed by atoms with Crippen LogP contribution in [0.3, 0.4) is 0 Å².